The van der Waals surface area contributed by atoms with Crippen LogP contribution < -0.4 is 0 Å². The molecule has 2 aromatic rings. The number of nitrogens with zero attached hydrogens (tertiary/aromatic N) is 2. The molecule has 24 heavy (non-hydrogen) atoms. The zero-order valence-corrected chi connectivity index (χ0v) is 14.1. The molecule has 0 radical (unpaired) electrons. The minimum atomic E-state index is 0.00333. The Morgan fingerprint density at radius 3 is 3.00 bits per heavy atom. The smallest absolute Gasteiger partial charge is 0.228 e. The number of aromatic nitrogens is 2. The molecule has 5 nitrogen and oxygen atoms in total. The fourth-order valence-corrected chi connectivity index (χ4v) is 3.84. The highest BCUT2D eigenvalue weighted by molar-refractivity contribution is 6.33. The van der Waals surface area contributed by atoms with Crippen LogP contribution in [0.3, 0.4) is 0 Å². The van der Waals surface area contributed by atoms with Crippen LogP contribution in [0, 0.1) is 5.92 Å². The molecule has 2 saturated heterocycles. The van der Waals surface area contributed by atoms with Crippen molar-refractivity contribution in [2.75, 3.05) is 19.8 Å². The maximum absolute atomic E-state index is 12.7. The second-order valence-electron chi connectivity index (χ2n) is 6.41. The van der Waals surface area contributed by atoms with Gasteiger partial charge in [-0.1, -0.05) is 29.8 Å². The van der Waals surface area contributed by atoms with Crippen molar-refractivity contribution in [3.8, 4) is 11.3 Å². The molecule has 0 bridgehead atoms. The highest BCUT2D eigenvalue weighted by atomic mass is 35.5. The summed E-state index contributed by atoms with van der Waals surface area (Å²) in [5.41, 5.74) is 1.82. The number of amides is 1. The van der Waals surface area contributed by atoms with Gasteiger partial charge in [0.15, 0.2) is 0 Å². The van der Waals surface area contributed by atoms with Crippen LogP contribution in [-0.4, -0.2) is 40.5 Å². The maximum Gasteiger partial charge on any atom is 0.228 e. The highest BCUT2D eigenvalue weighted by Crippen LogP contribution is 2.34. The lowest BCUT2D eigenvalue weighted by Gasteiger charge is -2.25. The third-order valence-electron chi connectivity index (χ3n) is 4.89. The Kier molecular flexibility index (Phi) is 4.29. The topological polar surface area (TPSA) is 58.2 Å². The molecule has 2 aliphatic rings. The van der Waals surface area contributed by atoms with Gasteiger partial charge in [-0.05, 0) is 25.3 Å². The first-order valence-electron chi connectivity index (χ1n) is 8.42. The summed E-state index contributed by atoms with van der Waals surface area (Å²) in [7, 11) is 0. The van der Waals surface area contributed by atoms with Crippen LogP contribution in [0.2, 0.25) is 5.02 Å². The number of ether oxygens (including phenoxy) is 1. The summed E-state index contributed by atoms with van der Waals surface area (Å²) in [6.45, 7) is 2.03. The Hall–Kier alpha value is -1.85. The second-order valence-corrected chi connectivity index (χ2v) is 6.82. The molecular weight excluding hydrogens is 326 g/mol. The summed E-state index contributed by atoms with van der Waals surface area (Å²) >= 11 is 6.27. The van der Waals surface area contributed by atoms with Crippen molar-refractivity contribution in [3.05, 3.63) is 41.3 Å². The monoisotopic (exact) mass is 345 g/mol. The number of halogens is 1. The third-order valence-corrected chi connectivity index (χ3v) is 5.22. The fraction of sp³-hybridized carbons (Fsp3) is 0.444. The highest BCUT2D eigenvalue weighted by Gasteiger charge is 2.36. The van der Waals surface area contributed by atoms with E-state index in [4.69, 9.17) is 16.3 Å². The van der Waals surface area contributed by atoms with Crippen molar-refractivity contribution in [3.63, 3.8) is 0 Å². The summed E-state index contributed by atoms with van der Waals surface area (Å²) in [5, 5.41) is 0.690. The minimum absolute atomic E-state index is 0.00333. The molecule has 3 heterocycles. The zero-order valence-electron chi connectivity index (χ0n) is 13.4. The molecule has 1 amide bonds. The number of hydrogen-bond donors (Lipinski definition) is 1. The van der Waals surface area contributed by atoms with E-state index < -0.39 is 0 Å². The molecule has 2 aliphatic heterocycles. The van der Waals surface area contributed by atoms with Gasteiger partial charge >= 0.3 is 0 Å². The van der Waals surface area contributed by atoms with Crippen molar-refractivity contribution < 1.29 is 9.53 Å². The van der Waals surface area contributed by atoms with E-state index in [1.807, 2.05) is 29.2 Å². The average Bonchev–Trinajstić information content (AvgIpc) is 3.34. The minimum Gasteiger partial charge on any atom is -0.381 e. The van der Waals surface area contributed by atoms with Gasteiger partial charge < -0.3 is 14.6 Å². The van der Waals surface area contributed by atoms with Gasteiger partial charge in [-0.2, -0.15) is 0 Å². The molecule has 2 fully saturated rings. The summed E-state index contributed by atoms with van der Waals surface area (Å²) in [5.74, 6) is 1.05. The van der Waals surface area contributed by atoms with Crippen molar-refractivity contribution >= 4 is 17.5 Å². The molecule has 0 aliphatic carbocycles. The second kappa shape index (κ2) is 6.57. The number of imidazole rings is 1. The predicted molar refractivity (Wildman–Crippen MR) is 91.6 cm³/mol. The maximum atomic E-state index is 12.7. The first kappa shape index (κ1) is 15.7. The van der Waals surface area contributed by atoms with Crippen LogP contribution in [0.4, 0.5) is 0 Å². The van der Waals surface area contributed by atoms with Crippen LogP contribution in [0.1, 0.15) is 31.1 Å². The molecule has 6 heteroatoms. The average molecular weight is 346 g/mol. The molecule has 0 spiro atoms. The van der Waals surface area contributed by atoms with Crippen LogP contribution in [-0.2, 0) is 9.53 Å². The van der Waals surface area contributed by atoms with Gasteiger partial charge in [0, 0.05) is 23.7 Å². The third kappa shape index (κ3) is 2.82. The normalized spacial score (nSPS) is 23.8. The van der Waals surface area contributed by atoms with Gasteiger partial charge in [0.1, 0.15) is 5.82 Å². The largest absolute Gasteiger partial charge is 0.381 e. The van der Waals surface area contributed by atoms with Gasteiger partial charge in [-0.15, -0.1) is 0 Å². The van der Waals surface area contributed by atoms with Crippen molar-refractivity contribution in [1.82, 2.24) is 14.9 Å². The van der Waals surface area contributed by atoms with Crippen LogP contribution >= 0.6 is 11.6 Å². The number of aromatic amines is 1. The van der Waals surface area contributed by atoms with E-state index in [-0.39, 0.29) is 17.9 Å². The lowest BCUT2D eigenvalue weighted by atomic mass is 10.1. The Bertz CT molecular complexity index is 739. The van der Waals surface area contributed by atoms with E-state index in [1.54, 1.807) is 6.20 Å². The first-order chi connectivity index (χ1) is 11.7. The van der Waals surface area contributed by atoms with Crippen LogP contribution in [0.25, 0.3) is 11.3 Å². The lowest BCUT2D eigenvalue weighted by molar-refractivity contribution is -0.136. The van der Waals surface area contributed by atoms with E-state index in [1.165, 1.54) is 0 Å². The molecule has 4 rings (SSSR count). The van der Waals surface area contributed by atoms with Gasteiger partial charge in [0.2, 0.25) is 5.91 Å². The molecule has 126 valence electrons. The number of likely N-dealkylation sites (tertiary alicyclic amines) is 1. The Morgan fingerprint density at radius 1 is 1.33 bits per heavy atom. The van der Waals surface area contributed by atoms with Crippen molar-refractivity contribution in [2.24, 2.45) is 5.92 Å². The number of benzene rings is 1. The van der Waals surface area contributed by atoms with Crippen molar-refractivity contribution in [1.29, 1.82) is 0 Å². The van der Waals surface area contributed by atoms with Gasteiger partial charge in [-0.3, -0.25) is 4.79 Å². The summed E-state index contributed by atoms with van der Waals surface area (Å²) < 4.78 is 5.37. The van der Waals surface area contributed by atoms with E-state index in [0.717, 1.165) is 42.9 Å². The zero-order chi connectivity index (χ0) is 16.5. The van der Waals surface area contributed by atoms with Gasteiger partial charge in [0.25, 0.3) is 0 Å². The molecule has 0 saturated carbocycles. The van der Waals surface area contributed by atoms with Crippen molar-refractivity contribution in [2.45, 2.75) is 25.3 Å². The summed E-state index contributed by atoms with van der Waals surface area (Å²) in [4.78, 5) is 22.6. The van der Waals surface area contributed by atoms with E-state index in [2.05, 4.69) is 9.97 Å². The lowest BCUT2D eigenvalue weighted by Crippen LogP contribution is -2.36. The molecule has 1 N–H and O–H groups in total. The molecule has 0 unspecified atom stereocenters. The number of carbonyl (C=O) groups excluding carboxylic acids is 1. The van der Waals surface area contributed by atoms with Gasteiger partial charge in [0.05, 0.1) is 30.5 Å². The Balaban J connectivity index is 1.57. The molecular formula is C18H20ClN3O2. The molecule has 1 aromatic heterocycles. The quantitative estimate of drug-likeness (QED) is 0.927. The molecule has 1 aromatic carbocycles. The molecule has 2 atom stereocenters. The van der Waals surface area contributed by atoms with E-state index in [9.17, 15) is 4.79 Å². The number of H-pyrrole nitrogens is 1. The number of carbonyl (C=O) groups is 1. The number of hydrogen-bond acceptors (Lipinski definition) is 3. The van der Waals surface area contributed by atoms with Gasteiger partial charge in [-0.25, -0.2) is 4.98 Å². The SMILES string of the molecule is O=C([C@H]1CCOC1)N1CCC[C@H]1c1ncc(-c2ccccc2Cl)[nH]1. The summed E-state index contributed by atoms with van der Waals surface area (Å²) in [6.07, 6.45) is 4.57. The van der Waals surface area contributed by atoms with Crippen LogP contribution in [0.5, 0.6) is 0 Å². The van der Waals surface area contributed by atoms with E-state index in [0.29, 0.717) is 18.2 Å². The Morgan fingerprint density at radius 2 is 2.21 bits per heavy atom. The van der Waals surface area contributed by atoms with E-state index >= 15 is 0 Å². The number of rotatable bonds is 3. The fourth-order valence-electron chi connectivity index (χ4n) is 3.60. The first-order valence-corrected chi connectivity index (χ1v) is 8.80. The Labute approximate surface area is 146 Å². The number of nitrogens with one attached hydrogen (secondary N) is 1. The summed E-state index contributed by atoms with van der Waals surface area (Å²) in [6, 6.07) is 7.71. The van der Waals surface area contributed by atoms with Crippen LogP contribution in [0.15, 0.2) is 30.5 Å². The predicted octanol–water partition coefficient (Wildman–Crippen LogP) is 3.43. The standard InChI is InChI=1S/C18H20ClN3O2/c19-14-5-2-1-4-13(14)15-10-20-17(21-15)16-6-3-8-22(16)18(23)12-7-9-24-11-12/h1-2,4-5,10,12,16H,3,6-9,11H2,(H,20,21)/t12-,16-/m0/s1.